The summed E-state index contributed by atoms with van der Waals surface area (Å²) in [5.41, 5.74) is 13.5. The second-order valence-corrected chi connectivity index (χ2v) is 15.2. The Balaban J connectivity index is 1.06. The SMILES string of the molecule is c1ccc(-c2cc(-c3cc(-c4ccc(-c5ccc6oc7ccccc7c6c5)cc4)nc(-c4ccccc4)n3)cc(-c3cccc4c3sc3ccccc34)c2)cc1. The van der Waals surface area contributed by atoms with Crippen molar-refractivity contribution < 1.29 is 4.42 Å². The standard InChI is InChI=1S/C52H32N2OS/c1-3-12-33(13-4-1)38-28-39(41-18-11-19-44-43-17-8-10-21-50(43)56-51(41)44)30-40(29-38)47-32-46(53-52(54-47)36-14-5-2-6-15-36)35-24-22-34(23-25-35)37-26-27-49-45(31-37)42-16-7-9-20-48(42)55-49/h1-32H. The van der Waals surface area contributed by atoms with Crippen LogP contribution >= 0.6 is 11.3 Å². The maximum Gasteiger partial charge on any atom is 0.160 e. The molecular formula is C52H32N2OS. The average molecular weight is 733 g/mol. The molecular weight excluding hydrogens is 701 g/mol. The molecule has 0 bridgehead atoms. The highest BCUT2D eigenvalue weighted by Gasteiger charge is 2.16. The Bertz CT molecular complexity index is 3240. The van der Waals surface area contributed by atoms with Crippen molar-refractivity contribution >= 4 is 53.4 Å². The zero-order chi connectivity index (χ0) is 37.0. The number of aromatic nitrogens is 2. The van der Waals surface area contributed by atoms with Gasteiger partial charge in [0, 0.05) is 47.6 Å². The molecule has 0 spiro atoms. The first kappa shape index (κ1) is 32.3. The number of hydrogen-bond donors (Lipinski definition) is 0. The molecule has 0 radical (unpaired) electrons. The summed E-state index contributed by atoms with van der Waals surface area (Å²) in [6.45, 7) is 0. The Hall–Kier alpha value is -7.14. The summed E-state index contributed by atoms with van der Waals surface area (Å²) in [4.78, 5) is 10.4. The Kier molecular flexibility index (Phi) is 7.68. The zero-order valence-corrected chi connectivity index (χ0v) is 31.0. The van der Waals surface area contributed by atoms with E-state index in [-0.39, 0.29) is 0 Å². The molecule has 262 valence electrons. The number of para-hydroxylation sites is 1. The molecule has 8 aromatic carbocycles. The monoisotopic (exact) mass is 732 g/mol. The molecule has 3 nitrogen and oxygen atoms in total. The van der Waals surface area contributed by atoms with Crippen LogP contribution in [0.3, 0.4) is 0 Å². The first-order valence-corrected chi connectivity index (χ1v) is 19.6. The van der Waals surface area contributed by atoms with E-state index in [0.29, 0.717) is 5.82 Å². The van der Waals surface area contributed by atoms with Gasteiger partial charge in [0.1, 0.15) is 11.2 Å². The second kappa shape index (κ2) is 13.3. The predicted molar refractivity (Wildman–Crippen MR) is 235 cm³/mol. The van der Waals surface area contributed by atoms with E-state index < -0.39 is 0 Å². The normalized spacial score (nSPS) is 11.6. The fourth-order valence-electron chi connectivity index (χ4n) is 7.90. The van der Waals surface area contributed by atoms with E-state index in [1.807, 2.05) is 41.7 Å². The lowest BCUT2D eigenvalue weighted by Crippen LogP contribution is -1.96. The Morgan fingerprint density at radius 2 is 0.929 bits per heavy atom. The first-order chi connectivity index (χ1) is 27.7. The van der Waals surface area contributed by atoms with E-state index in [0.717, 1.165) is 77.8 Å². The summed E-state index contributed by atoms with van der Waals surface area (Å²) in [5.74, 6) is 0.692. The number of benzene rings is 8. The van der Waals surface area contributed by atoms with Crippen LogP contribution in [-0.4, -0.2) is 9.97 Å². The summed E-state index contributed by atoms with van der Waals surface area (Å²) in [5, 5.41) is 4.83. The first-order valence-electron chi connectivity index (χ1n) is 18.8. The van der Waals surface area contributed by atoms with Gasteiger partial charge in [-0.3, -0.25) is 0 Å². The highest BCUT2D eigenvalue weighted by Crippen LogP contribution is 2.42. The van der Waals surface area contributed by atoms with Gasteiger partial charge in [0.2, 0.25) is 0 Å². The lowest BCUT2D eigenvalue weighted by atomic mass is 9.93. The van der Waals surface area contributed by atoms with Crippen LogP contribution in [0.2, 0.25) is 0 Å². The molecule has 0 atom stereocenters. The number of rotatable bonds is 6. The van der Waals surface area contributed by atoms with Gasteiger partial charge in [-0.05, 0) is 81.9 Å². The lowest BCUT2D eigenvalue weighted by molar-refractivity contribution is 0.669. The van der Waals surface area contributed by atoms with Crippen LogP contribution in [0.4, 0.5) is 0 Å². The minimum atomic E-state index is 0.692. The third-order valence-corrected chi connectivity index (χ3v) is 11.9. The van der Waals surface area contributed by atoms with Gasteiger partial charge in [0.15, 0.2) is 5.82 Å². The molecule has 3 heterocycles. The fraction of sp³-hybridized carbons (Fsp3) is 0. The average Bonchev–Trinajstić information content (AvgIpc) is 3.85. The molecule has 0 saturated carbocycles. The molecule has 3 aromatic heterocycles. The van der Waals surface area contributed by atoms with Gasteiger partial charge < -0.3 is 4.42 Å². The van der Waals surface area contributed by atoms with Gasteiger partial charge in [-0.15, -0.1) is 11.3 Å². The minimum Gasteiger partial charge on any atom is -0.456 e. The van der Waals surface area contributed by atoms with Crippen LogP contribution in [0.1, 0.15) is 0 Å². The molecule has 0 aliphatic heterocycles. The van der Waals surface area contributed by atoms with Crippen LogP contribution in [-0.2, 0) is 0 Å². The topological polar surface area (TPSA) is 38.9 Å². The van der Waals surface area contributed by atoms with E-state index in [2.05, 4.69) is 164 Å². The highest BCUT2D eigenvalue weighted by molar-refractivity contribution is 7.26. The van der Waals surface area contributed by atoms with Crippen molar-refractivity contribution in [3.05, 3.63) is 194 Å². The second-order valence-electron chi connectivity index (χ2n) is 14.2. The Labute approximate surface area is 327 Å². The Morgan fingerprint density at radius 1 is 0.339 bits per heavy atom. The van der Waals surface area contributed by atoms with Crippen LogP contribution < -0.4 is 0 Å². The number of nitrogens with zero attached hydrogens (tertiary/aromatic N) is 2. The van der Waals surface area contributed by atoms with Crippen molar-refractivity contribution in [3.8, 4) is 67.3 Å². The van der Waals surface area contributed by atoms with Gasteiger partial charge in [-0.25, -0.2) is 9.97 Å². The van der Waals surface area contributed by atoms with Crippen molar-refractivity contribution in [2.24, 2.45) is 0 Å². The quantitative estimate of drug-likeness (QED) is 0.171. The molecule has 0 fully saturated rings. The van der Waals surface area contributed by atoms with Crippen LogP contribution in [0.25, 0.3) is 109 Å². The zero-order valence-electron chi connectivity index (χ0n) is 30.2. The summed E-state index contributed by atoms with van der Waals surface area (Å²) < 4.78 is 8.68. The van der Waals surface area contributed by atoms with Gasteiger partial charge >= 0.3 is 0 Å². The largest absolute Gasteiger partial charge is 0.456 e. The molecule has 11 rings (SSSR count). The number of furan rings is 1. The fourth-order valence-corrected chi connectivity index (χ4v) is 9.14. The maximum absolute atomic E-state index is 6.10. The molecule has 0 amide bonds. The van der Waals surface area contributed by atoms with Crippen molar-refractivity contribution in [2.75, 3.05) is 0 Å². The number of fused-ring (bicyclic) bond motifs is 6. The summed E-state index contributed by atoms with van der Waals surface area (Å²) in [6, 6.07) is 68.6. The van der Waals surface area contributed by atoms with Gasteiger partial charge in [-0.2, -0.15) is 0 Å². The van der Waals surface area contributed by atoms with Gasteiger partial charge in [0.25, 0.3) is 0 Å². The molecule has 0 aliphatic rings. The van der Waals surface area contributed by atoms with E-state index in [4.69, 9.17) is 14.4 Å². The summed E-state index contributed by atoms with van der Waals surface area (Å²) in [6.07, 6.45) is 0. The lowest BCUT2D eigenvalue weighted by Gasteiger charge is -2.14. The molecule has 0 unspecified atom stereocenters. The smallest absolute Gasteiger partial charge is 0.160 e. The third-order valence-electron chi connectivity index (χ3n) is 10.7. The van der Waals surface area contributed by atoms with Crippen LogP contribution in [0.5, 0.6) is 0 Å². The van der Waals surface area contributed by atoms with Gasteiger partial charge in [0.05, 0.1) is 11.4 Å². The molecule has 0 N–H and O–H groups in total. The molecule has 56 heavy (non-hydrogen) atoms. The Morgan fingerprint density at radius 3 is 1.75 bits per heavy atom. The number of hydrogen-bond acceptors (Lipinski definition) is 4. The molecule has 11 aromatic rings. The summed E-state index contributed by atoms with van der Waals surface area (Å²) >= 11 is 1.86. The third kappa shape index (κ3) is 5.67. The summed E-state index contributed by atoms with van der Waals surface area (Å²) in [7, 11) is 0. The predicted octanol–water partition coefficient (Wildman–Crippen LogP) is 14.7. The van der Waals surface area contributed by atoms with Crippen molar-refractivity contribution in [1.82, 2.24) is 9.97 Å². The van der Waals surface area contributed by atoms with E-state index in [9.17, 15) is 0 Å². The van der Waals surface area contributed by atoms with E-state index in [1.165, 1.54) is 25.7 Å². The van der Waals surface area contributed by atoms with Crippen LogP contribution in [0.15, 0.2) is 199 Å². The van der Waals surface area contributed by atoms with Crippen molar-refractivity contribution in [2.45, 2.75) is 0 Å². The number of thiophene rings is 1. The highest BCUT2D eigenvalue weighted by atomic mass is 32.1. The maximum atomic E-state index is 6.10. The van der Waals surface area contributed by atoms with Crippen molar-refractivity contribution in [1.29, 1.82) is 0 Å². The molecule has 0 saturated heterocycles. The minimum absolute atomic E-state index is 0.692. The van der Waals surface area contributed by atoms with Crippen molar-refractivity contribution in [3.63, 3.8) is 0 Å². The van der Waals surface area contributed by atoms with E-state index in [1.54, 1.807) is 0 Å². The molecule has 4 heteroatoms. The van der Waals surface area contributed by atoms with E-state index >= 15 is 0 Å². The van der Waals surface area contributed by atoms with Gasteiger partial charge in [-0.1, -0.05) is 146 Å². The molecule has 0 aliphatic carbocycles. The van der Waals surface area contributed by atoms with Crippen LogP contribution in [0, 0.1) is 0 Å².